The third-order valence-electron chi connectivity index (χ3n) is 11.7. The molecule has 0 aromatic rings. The standard InChI is InChI=1S/C34H56N2O3/c1-12-30(5,6)16-18-32(9,29(39)36-13-2)19-17-31(7,8)34(11)15-14-26-24(4)28(38)25(22-35)21-33(26,10)27(34)20-23(3)37/h21,24,26-27H,12-20H2,1-11H3,(H,36,39)/t24-,26-,27+,32-,33-,34+/m0/s1. The zero-order valence-corrected chi connectivity index (χ0v) is 26.8. The van der Waals surface area contributed by atoms with Gasteiger partial charge in [-0.05, 0) is 85.9 Å². The molecular weight excluding hydrogens is 484 g/mol. The number of fused-ring (bicyclic) bond motifs is 1. The molecule has 1 fully saturated rings. The van der Waals surface area contributed by atoms with Gasteiger partial charge < -0.3 is 10.1 Å². The lowest BCUT2D eigenvalue weighted by molar-refractivity contribution is -0.145. The second-order valence-electron chi connectivity index (χ2n) is 15.0. The van der Waals surface area contributed by atoms with Crippen molar-refractivity contribution in [3.63, 3.8) is 0 Å². The maximum Gasteiger partial charge on any atom is 0.225 e. The van der Waals surface area contributed by atoms with E-state index in [1.807, 2.05) is 19.9 Å². The number of rotatable bonds is 12. The second kappa shape index (κ2) is 11.9. The number of carbonyl (C=O) groups is 3. The fourth-order valence-electron chi connectivity index (χ4n) is 7.71. The van der Waals surface area contributed by atoms with Crippen molar-refractivity contribution in [1.82, 2.24) is 5.32 Å². The molecule has 6 atom stereocenters. The van der Waals surface area contributed by atoms with Crippen molar-refractivity contribution >= 4 is 17.5 Å². The zero-order valence-electron chi connectivity index (χ0n) is 26.8. The lowest BCUT2D eigenvalue weighted by atomic mass is 9.41. The quantitative estimate of drug-likeness (QED) is 0.273. The van der Waals surface area contributed by atoms with Crippen molar-refractivity contribution in [3.05, 3.63) is 11.6 Å². The molecule has 1 N–H and O–H groups in total. The smallest absolute Gasteiger partial charge is 0.225 e. The van der Waals surface area contributed by atoms with Gasteiger partial charge in [-0.3, -0.25) is 9.59 Å². The minimum absolute atomic E-state index is 0.00454. The topological polar surface area (TPSA) is 87.0 Å². The van der Waals surface area contributed by atoms with Gasteiger partial charge in [0.15, 0.2) is 5.78 Å². The summed E-state index contributed by atoms with van der Waals surface area (Å²) in [6.45, 7) is 24.3. The molecule has 0 spiro atoms. The summed E-state index contributed by atoms with van der Waals surface area (Å²) in [5.74, 6) is 0.123. The molecule has 5 nitrogen and oxygen atoms in total. The fraction of sp³-hybridized carbons (Fsp3) is 0.824. The van der Waals surface area contributed by atoms with Crippen LogP contribution >= 0.6 is 0 Å². The van der Waals surface area contributed by atoms with Crippen LogP contribution in [0.15, 0.2) is 11.6 Å². The predicted molar refractivity (Wildman–Crippen MR) is 159 cm³/mol. The third-order valence-corrected chi connectivity index (χ3v) is 11.7. The Labute approximate surface area is 239 Å². The van der Waals surface area contributed by atoms with E-state index in [1.54, 1.807) is 6.92 Å². The third kappa shape index (κ3) is 6.52. The number of amides is 1. The monoisotopic (exact) mass is 540 g/mol. The van der Waals surface area contributed by atoms with Crippen LogP contribution in [0.4, 0.5) is 0 Å². The summed E-state index contributed by atoms with van der Waals surface area (Å²) in [5.41, 5.74) is -0.810. The van der Waals surface area contributed by atoms with Crippen LogP contribution in [0.3, 0.4) is 0 Å². The summed E-state index contributed by atoms with van der Waals surface area (Å²) in [6, 6.07) is 2.16. The van der Waals surface area contributed by atoms with Crippen molar-refractivity contribution in [3.8, 4) is 6.07 Å². The molecule has 0 aromatic heterocycles. The Bertz CT molecular complexity index is 1020. The molecule has 220 valence electrons. The molecule has 0 saturated heterocycles. The van der Waals surface area contributed by atoms with Crippen LogP contribution in [0.1, 0.15) is 128 Å². The van der Waals surface area contributed by atoms with E-state index in [0.29, 0.717) is 13.0 Å². The van der Waals surface area contributed by atoms with Gasteiger partial charge in [-0.2, -0.15) is 5.26 Å². The first kappa shape index (κ1) is 33.2. The van der Waals surface area contributed by atoms with Crippen LogP contribution < -0.4 is 5.32 Å². The van der Waals surface area contributed by atoms with E-state index in [0.717, 1.165) is 44.9 Å². The van der Waals surface area contributed by atoms with Crippen molar-refractivity contribution < 1.29 is 14.4 Å². The number of hydrogen-bond donors (Lipinski definition) is 1. The largest absolute Gasteiger partial charge is 0.356 e. The molecule has 2 aliphatic rings. The van der Waals surface area contributed by atoms with Gasteiger partial charge in [0, 0.05) is 24.3 Å². The van der Waals surface area contributed by atoms with Gasteiger partial charge in [-0.25, -0.2) is 0 Å². The summed E-state index contributed by atoms with van der Waals surface area (Å²) in [7, 11) is 0. The molecule has 0 radical (unpaired) electrons. The molecule has 2 rings (SSSR count). The summed E-state index contributed by atoms with van der Waals surface area (Å²) in [4.78, 5) is 39.1. The average Bonchev–Trinajstić information content (AvgIpc) is 2.86. The molecule has 1 saturated carbocycles. The van der Waals surface area contributed by atoms with Gasteiger partial charge in [0.05, 0.1) is 5.57 Å². The molecule has 39 heavy (non-hydrogen) atoms. The molecule has 0 aliphatic heterocycles. The van der Waals surface area contributed by atoms with E-state index in [1.165, 1.54) is 0 Å². The van der Waals surface area contributed by atoms with E-state index in [-0.39, 0.29) is 57.0 Å². The number of nitrogens with zero attached hydrogens (tertiary/aromatic N) is 1. The normalized spacial score (nSPS) is 31.0. The van der Waals surface area contributed by atoms with Gasteiger partial charge in [-0.1, -0.05) is 74.8 Å². The number of nitriles is 1. The zero-order chi connectivity index (χ0) is 30.0. The summed E-state index contributed by atoms with van der Waals surface area (Å²) >= 11 is 0. The first-order chi connectivity index (χ1) is 17.8. The van der Waals surface area contributed by atoms with Crippen LogP contribution in [0.2, 0.25) is 0 Å². The highest BCUT2D eigenvalue weighted by Gasteiger charge is 2.61. The second-order valence-corrected chi connectivity index (χ2v) is 15.0. The van der Waals surface area contributed by atoms with Crippen molar-refractivity contribution in [2.24, 2.45) is 44.8 Å². The van der Waals surface area contributed by atoms with E-state index in [4.69, 9.17) is 0 Å². The number of carbonyl (C=O) groups excluding carboxylic acids is 3. The van der Waals surface area contributed by atoms with Gasteiger partial charge in [-0.15, -0.1) is 0 Å². The lowest BCUT2D eigenvalue weighted by Crippen LogP contribution is -2.57. The first-order valence-electron chi connectivity index (χ1n) is 15.3. The predicted octanol–water partition coefficient (Wildman–Crippen LogP) is 7.84. The fourth-order valence-corrected chi connectivity index (χ4v) is 7.71. The molecule has 0 aromatic carbocycles. The van der Waals surface area contributed by atoms with Crippen molar-refractivity contribution in [2.45, 2.75) is 128 Å². The van der Waals surface area contributed by atoms with Crippen molar-refractivity contribution in [1.29, 1.82) is 5.26 Å². The Morgan fingerprint density at radius 2 is 1.67 bits per heavy atom. The van der Waals surface area contributed by atoms with Gasteiger partial charge in [0.1, 0.15) is 11.9 Å². The van der Waals surface area contributed by atoms with Crippen LogP contribution in [0, 0.1) is 56.2 Å². The maximum atomic E-state index is 13.4. The highest BCUT2D eigenvalue weighted by molar-refractivity contribution is 6.01. The first-order valence-corrected chi connectivity index (χ1v) is 15.3. The van der Waals surface area contributed by atoms with E-state index in [9.17, 15) is 19.6 Å². The number of hydrogen-bond acceptors (Lipinski definition) is 4. The average molecular weight is 541 g/mol. The van der Waals surface area contributed by atoms with Crippen LogP contribution in [0.5, 0.6) is 0 Å². The number of ketones is 2. The summed E-state index contributed by atoms with van der Waals surface area (Å²) in [6.07, 6.45) is 8.73. The molecule has 5 heteroatoms. The van der Waals surface area contributed by atoms with E-state index in [2.05, 4.69) is 66.8 Å². The van der Waals surface area contributed by atoms with Gasteiger partial charge in [0.2, 0.25) is 5.91 Å². The Morgan fingerprint density at radius 3 is 2.18 bits per heavy atom. The van der Waals surface area contributed by atoms with E-state index < -0.39 is 10.8 Å². The van der Waals surface area contributed by atoms with Crippen LogP contribution in [0.25, 0.3) is 0 Å². The Balaban J connectivity index is 2.49. The molecule has 2 aliphatic carbocycles. The minimum atomic E-state index is -0.465. The highest BCUT2D eigenvalue weighted by atomic mass is 16.2. The Hall–Kier alpha value is -1.96. The maximum absolute atomic E-state index is 13.4. The minimum Gasteiger partial charge on any atom is -0.356 e. The number of allylic oxidation sites excluding steroid dienone is 2. The molecule has 0 unspecified atom stereocenters. The van der Waals surface area contributed by atoms with E-state index >= 15 is 0 Å². The van der Waals surface area contributed by atoms with Crippen LogP contribution in [-0.4, -0.2) is 24.0 Å². The Kier molecular flexibility index (Phi) is 10.1. The van der Waals surface area contributed by atoms with Gasteiger partial charge >= 0.3 is 0 Å². The van der Waals surface area contributed by atoms with Crippen LogP contribution in [-0.2, 0) is 14.4 Å². The number of Topliss-reactive ketones (excluding diaryl/α,β-unsaturated/α-hetero) is 2. The number of nitrogens with one attached hydrogen (secondary N) is 1. The Morgan fingerprint density at radius 1 is 1.08 bits per heavy atom. The lowest BCUT2D eigenvalue weighted by Gasteiger charge is -2.62. The SMILES string of the molecule is CCNC(=O)[C@@](C)(CCC(C)(C)CC)CCC(C)(C)[C@]1(C)CC[C@H]2[C@H](C)C(=O)C(C#N)=C[C@]2(C)[C@H]1CC(C)=O. The van der Waals surface area contributed by atoms with Crippen molar-refractivity contribution in [2.75, 3.05) is 6.54 Å². The summed E-state index contributed by atoms with van der Waals surface area (Å²) in [5, 5.41) is 12.9. The molecule has 0 heterocycles. The summed E-state index contributed by atoms with van der Waals surface area (Å²) < 4.78 is 0. The molecular formula is C34H56N2O3. The highest BCUT2D eigenvalue weighted by Crippen LogP contribution is 2.66. The molecule has 0 bridgehead atoms. The molecule has 1 amide bonds. The van der Waals surface area contributed by atoms with Gasteiger partial charge in [0.25, 0.3) is 0 Å².